The van der Waals surface area contributed by atoms with E-state index >= 15 is 0 Å². The summed E-state index contributed by atoms with van der Waals surface area (Å²) < 4.78 is 31.8. The van der Waals surface area contributed by atoms with Gasteiger partial charge in [0.2, 0.25) is 10.0 Å². The number of hydrogen-bond acceptors (Lipinski definition) is 5. The zero-order valence-corrected chi connectivity index (χ0v) is 12.6. The van der Waals surface area contributed by atoms with Crippen LogP contribution >= 0.6 is 12.2 Å². The van der Waals surface area contributed by atoms with Crippen molar-refractivity contribution in [1.82, 2.24) is 9.46 Å². The molecule has 1 aromatic heterocycles. The van der Waals surface area contributed by atoms with Gasteiger partial charge in [-0.2, -0.15) is 4.31 Å². The second-order valence-electron chi connectivity index (χ2n) is 4.72. The summed E-state index contributed by atoms with van der Waals surface area (Å²) in [6, 6.07) is 0.0491. The van der Waals surface area contributed by atoms with Crippen LogP contribution in [0, 0.1) is 13.8 Å². The monoisotopic (exact) mass is 303 g/mol. The fourth-order valence-electron chi connectivity index (χ4n) is 2.04. The molecule has 0 unspecified atom stereocenters. The minimum absolute atomic E-state index is 0.0491. The summed E-state index contributed by atoms with van der Waals surface area (Å²) in [6.45, 7) is 3.54. The molecule has 1 aliphatic carbocycles. The Morgan fingerprint density at radius 3 is 2.58 bits per heavy atom. The first-order valence-electron chi connectivity index (χ1n) is 6.07. The van der Waals surface area contributed by atoms with Crippen LogP contribution in [-0.2, 0) is 10.0 Å². The number of nitrogens with zero attached hydrogens (tertiary/aromatic N) is 2. The molecular weight excluding hydrogens is 286 g/mol. The number of aryl methyl sites for hydroxylation is 2. The summed E-state index contributed by atoms with van der Waals surface area (Å²) in [5, 5.41) is 3.71. The Hall–Kier alpha value is -0.990. The van der Waals surface area contributed by atoms with Gasteiger partial charge in [0, 0.05) is 19.0 Å². The van der Waals surface area contributed by atoms with Gasteiger partial charge in [-0.15, -0.1) is 0 Å². The van der Waals surface area contributed by atoms with Crippen molar-refractivity contribution in [2.75, 3.05) is 6.54 Å². The highest BCUT2D eigenvalue weighted by Crippen LogP contribution is 2.34. The summed E-state index contributed by atoms with van der Waals surface area (Å²) >= 11 is 4.82. The minimum atomic E-state index is -3.59. The third kappa shape index (κ3) is 2.96. The van der Waals surface area contributed by atoms with E-state index in [1.165, 1.54) is 4.31 Å². The summed E-state index contributed by atoms with van der Waals surface area (Å²) in [5.41, 5.74) is 5.85. The summed E-state index contributed by atoms with van der Waals surface area (Å²) in [4.78, 5) is 0.488. The molecule has 1 aliphatic rings. The van der Waals surface area contributed by atoms with Crippen LogP contribution in [0.2, 0.25) is 0 Å². The van der Waals surface area contributed by atoms with Crippen molar-refractivity contribution in [2.24, 2.45) is 5.73 Å². The van der Waals surface area contributed by atoms with Crippen LogP contribution in [0.4, 0.5) is 0 Å². The van der Waals surface area contributed by atoms with E-state index in [1.54, 1.807) is 13.8 Å². The molecule has 0 amide bonds. The zero-order chi connectivity index (χ0) is 14.2. The quantitative estimate of drug-likeness (QED) is 0.792. The number of nitrogens with two attached hydrogens (primary N) is 1. The molecule has 19 heavy (non-hydrogen) atoms. The standard InChI is InChI=1S/C11H17N3O3S2/c1-7-11(8(2)17-13-7)19(15,16)14(9-3-4-9)6-5-10(12)18/h9H,3-6H2,1-2H3,(H2,12,18). The first kappa shape index (κ1) is 14.4. The highest BCUT2D eigenvalue weighted by Gasteiger charge is 2.40. The van der Waals surface area contributed by atoms with E-state index in [4.69, 9.17) is 22.5 Å². The molecule has 2 N–H and O–H groups in total. The molecule has 8 heteroatoms. The second-order valence-corrected chi connectivity index (χ2v) is 7.07. The number of rotatable bonds is 6. The largest absolute Gasteiger partial charge is 0.393 e. The van der Waals surface area contributed by atoms with Crippen molar-refractivity contribution in [2.45, 2.75) is 44.0 Å². The van der Waals surface area contributed by atoms with Gasteiger partial charge in [0.1, 0.15) is 10.6 Å². The Morgan fingerprint density at radius 1 is 1.53 bits per heavy atom. The third-order valence-electron chi connectivity index (χ3n) is 3.07. The molecule has 0 spiro atoms. The van der Waals surface area contributed by atoms with Gasteiger partial charge in [-0.3, -0.25) is 0 Å². The van der Waals surface area contributed by atoms with Crippen molar-refractivity contribution < 1.29 is 12.9 Å². The van der Waals surface area contributed by atoms with Crippen LogP contribution < -0.4 is 5.73 Å². The molecule has 1 saturated carbocycles. The molecule has 106 valence electrons. The number of aromatic nitrogens is 1. The average molecular weight is 303 g/mol. The molecule has 2 rings (SSSR count). The van der Waals surface area contributed by atoms with E-state index in [0.717, 1.165) is 12.8 Å². The molecule has 0 aromatic carbocycles. The maximum Gasteiger partial charge on any atom is 0.248 e. The summed E-state index contributed by atoms with van der Waals surface area (Å²) in [6.07, 6.45) is 2.13. The minimum Gasteiger partial charge on any atom is -0.393 e. The highest BCUT2D eigenvalue weighted by atomic mass is 32.2. The van der Waals surface area contributed by atoms with E-state index in [2.05, 4.69) is 5.16 Å². The molecule has 6 nitrogen and oxygen atoms in total. The van der Waals surface area contributed by atoms with E-state index in [0.29, 0.717) is 29.4 Å². The normalized spacial score (nSPS) is 15.9. The first-order valence-corrected chi connectivity index (χ1v) is 7.92. The molecule has 1 aromatic rings. The van der Waals surface area contributed by atoms with Gasteiger partial charge in [0.25, 0.3) is 0 Å². The number of thiocarbonyl (C=S) groups is 1. The van der Waals surface area contributed by atoms with Gasteiger partial charge >= 0.3 is 0 Å². The fraction of sp³-hybridized carbons (Fsp3) is 0.636. The molecule has 1 fully saturated rings. The maximum absolute atomic E-state index is 12.7. The molecule has 0 saturated heterocycles. The van der Waals surface area contributed by atoms with Crippen molar-refractivity contribution >= 4 is 27.2 Å². The lowest BCUT2D eigenvalue weighted by Crippen LogP contribution is -2.36. The van der Waals surface area contributed by atoms with Crippen molar-refractivity contribution in [3.05, 3.63) is 11.5 Å². The summed E-state index contributed by atoms with van der Waals surface area (Å²) in [7, 11) is -3.59. The molecule has 0 bridgehead atoms. The van der Waals surface area contributed by atoms with Gasteiger partial charge in [-0.25, -0.2) is 8.42 Å². The fourth-order valence-corrected chi connectivity index (χ4v) is 4.11. The topological polar surface area (TPSA) is 89.4 Å². The predicted molar refractivity (Wildman–Crippen MR) is 74.3 cm³/mol. The molecule has 1 heterocycles. The van der Waals surface area contributed by atoms with Gasteiger partial charge in [0.05, 0.1) is 4.99 Å². The number of hydrogen-bond donors (Lipinski definition) is 1. The average Bonchev–Trinajstić information content (AvgIpc) is 3.04. The van der Waals surface area contributed by atoms with Gasteiger partial charge in [-0.1, -0.05) is 17.4 Å². The first-order chi connectivity index (χ1) is 8.84. The van der Waals surface area contributed by atoms with E-state index in [-0.39, 0.29) is 10.9 Å². The van der Waals surface area contributed by atoms with Crippen LogP contribution in [0.15, 0.2) is 9.42 Å². The maximum atomic E-state index is 12.7. The van der Waals surface area contributed by atoms with Crippen LogP contribution in [0.3, 0.4) is 0 Å². The van der Waals surface area contributed by atoms with Gasteiger partial charge < -0.3 is 10.3 Å². The van der Waals surface area contributed by atoms with Crippen molar-refractivity contribution in [3.8, 4) is 0 Å². The van der Waals surface area contributed by atoms with Crippen molar-refractivity contribution in [1.29, 1.82) is 0 Å². The lowest BCUT2D eigenvalue weighted by atomic mass is 10.4. The van der Waals surface area contributed by atoms with E-state index < -0.39 is 10.0 Å². The van der Waals surface area contributed by atoms with Crippen LogP contribution in [0.1, 0.15) is 30.7 Å². The number of sulfonamides is 1. The Bertz CT molecular complexity index is 571. The smallest absolute Gasteiger partial charge is 0.248 e. The Balaban J connectivity index is 2.32. The zero-order valence-electron chi connectivity index (χ0n) is 10.9. The molecule has 0 radical (unpaired) electrons. The lowest BCUT2D eigenvalue weighted by Gasteiger charge is -2.21. The third-order valence-corrected chi connectivity index (χ3v) is 5.47. The Labute approximate surface area is 118 Å². The van der Waals surface area contributed by atoms with Crippen molar-refractivity contribution in [3.63, 3.8) is 0 Å². The summed E-state index contributed by atoms with van der Waals surface area (Å²) in [5.74, 6) is 0.318. The van der Waals surface area contributed by atoms with E-state index in [1.807, 2.05) is 0 Å². The molecule has 0 atom stereocenters. The Morgan fingerprint density at radius 2 is 2.16 bits per heavy atom. The molecular formula is C11H17N3O3S2. The van der Waals surface area contributed by atoms with Crippen LogP contribution in [0.25, 0.3) is 0 Å². The highest BCUT2D eigenvalue weighted by molar-refractivity contribution is 7.89. The SMILES string of the molecule is Cc1noc(C)c1S(=O)(=O)N(CCC(N)=S)C1CC1. The Kier molecular flexibility index (Phi) is 3.93. The molecule has 0 aliphatic heterocycles. The van der Waals surface area contributed by atoms with Gasteiger partial charge in [0.15, 0.2) is 5.76 Å². The van der Waals surface area contributed by atoms with Crippen LogP contribution in [-0.4, -0.2) is 35.5 Å². The lowest BCUT2D eigenvalue weighted by molar-refractivity contribution is 0.387. The second kappa shape index (κ2) is 5.18. The predicted octanol–water partition coefficient (Wildman–Crippen LogP) is 1.12. The van der Waals surface area contributed by atoms with E-state index in [9.17, 15) is 8.42 Å². The van der Waals surface area contributed by atoms with Crippen LogP contribution in [0.5, 0.6) is 0 Å². The van der Waals surface area contributed by atoms with Gasteiger partial charge in [-0.05, 0) is 26.7 Å².